The number of nitrogens with one attached hydrogen (secondary N) is 1. The minimum absolute atomic E-state index is 0.276. The minimum atomic E-state index is -0.396. The van der Waals surface area contributed by atoms with Gasteiger partial charge in [0.25, 0.3) is 0 Å². The van der Waals surface area contributed by atoms with Crippen LogP contribution in [0.3, 0.4) is 0 Å². The molecule has 0 saturated carbocycles. The fourth-order valence-electron chi connectivity index (χ4n) is 1.91. The van der Waals surface area contributed by atoms with Gasteiger partial charge in [-0.1, -0.05) is 0 Å². The molecule has 1 heterocycles. The second-order valence-electron chi connectivity index (χ2n) is 3.82. The van der Waals surface area contributed by atoms with Gasteiger partial charge < -0.3 is 14.8 Å². The van der Waals surface area contributed by atoms with Crippen molar-refractivity contribution in [3.63, 3.8) is 0 Å². The van der Waals surface area contributed by atoms with Crippen molar-refractivity contribution in [3.8, 4) is 17.7 Å². The second-order valence-corrected chi connectivity index (χ2v) is 3.82. The number of urea groups is 1. The monoisotopic (exact) mass is 247 g/mol. The summed E-state index contributed by atoms with van der Waals surface area (Å²) in [4.78, 5) is 12.5. The first-order valence-corrected chi connectivity index (χ1v) is 5.39. The van der Waals surface area contributed by atoms with Crippen LogP contribution in [0.25, 0.3) is 0 Å². The third-order valence-corrected chi connectivity index (χ3v) is 2.84. The molecule has 1 N–H and O–H groups in total. The Morgan fingerprint density at radius 2 is 2.22 bits per heavy atom. The molecule has 1 aliphatic heterocycles. The van der Waals surface area contributed by atoms with Crippen LogP contribution in [0.1, 0.15) is 11.6 Å². The molecule has 0 aliphatic carbocycles. The Morgan fingerprint density at radius 3 is 2.78 bits per heavy atom. The molecule has 1 aromatic rings. The van der Waals surface area contributed by atoms with E-state index in [2.05, 4.69) is 5.32 Å². The average molecular weight is 247 g/mol. The molecular formula is C12H13N3O3. The Kier molecular flexibility index (Phi) is 3.24. The number of nitriles is 1. The molecule has 1 fully saturated rings. The van der Waals surface area contributed by atoms with Crippen LogP contribution in [0.15, 0.2) is 18.2 Å². The van der Waals surface area contributed by atoms with Crippen molar-refractivity contribution in [2.45, 2.75) is 6.04 Å². The van der Waals surface area contributed by atoms with E-state index in [-0.39, 0.29) is 6.04 Å². The van der Waals surface area contributed by atoms with E-state index in [1.165, 1.54) is 0 Å². The summed E-state index contributed by atoms with van der Waals surface area (Å²) in [7, 11) is 3.13. The Balaban J connectivity index is 2.33. The third kappa shape index (κ3) is 2.02. The number of rotatable bonds is 3. The van der Waals surface area contributed by atoms with Crippen molar-refractivity contribution in [3.05, 3.63) is 23.8 Å². The van der Waals surface area contributed by atoms with Crippen molar-refractivity contribution >= 4 is 6.03 Å². The third-order valence-electron chi connectivity index (χ3n) is 2.84. The van der Waals surface area contributed by atoms with Crippen LogP contribution in [0.5, 0.6) is 11.5 Å². The highest BCUT2D eigenvalue weighted by Crippen LogP contribution is 2.31. The summed E-state index contributed by atoms with van der Waals surface area (Å²) in [6.07, 6.45) is 1.83. The minimum Gasteiger partial charge on any atom is -0.497 e. The Labute approximate surface area is 105 Å². The van der Waals surface area contributed by atoms with Crippen molar-refractivity contribution in [2.24, 2.45) is 0 Å². The number of nitrogens with zero attached hydrogens (tertiary/aromatic N) is 2. The summed E-state index contributed by atoms with van der Waals surface area (Å²) in [6.45, 7) is 0.291. The molecule has 0 spiro atoms. The molecule has 1 aliphatic rings. The highest BCUT2D eigenvalue weighted by Gasteiger charge is 2.31. The van der Waals surface area contributed by atoms with Crippen molar-refractivity contribution in [1.29, 1.82) is 5.26 Å². The molecule has 6 heteroatoms. The van der Waals surface area contributed by atoms with Gasteiger partial charge in [0.2, 0.25) is 0 Å². The first-order valence-electron chi connectivity index (χ1n) is 5.39. The highest BCUT2D eigenvalue weighted by atomic mass is 16.5. The SMILES string of the molecule is COc1ccc(OC)c(C2CN(C#N)C(=O)N2)c1. The zero-order valence-corrected chi connectivity index (χ0v) is 10.1. The molecule has 0 aromatic heterocycles. The number of ether oxygens (including phenoxy) is 2. The molecule has 94 valence electrons. The zero-order chi connectivity index (χ0) is 13.1. The maximum atomic E-state index is 11.5. The lowest BCUT2D eigenvalue weighted by molar-refractivity contribution is 0.232. The number of hydrogen-bond donors (Lipinski definition) is 1. The normalized spacial score (nSPS) is 18.2. The molecule has 2 amide bonds. The van der Waals surface area contributed by atoms with Gasteiger partial charge in [-0.25, -0.2) is 9.69 Å². The quantitative estimate of drug-likeness (QED) is 0.816. The maximum Gasteiger partial charge on any atom is 0.331 e. The van der Waals surface area contributed by atoms with E-state index in [1.54, 1.807) is 32.4 Å². The lowest BCUT2D eigenvalue weighted by Gasteiger charge is -2.15. The molecular weight excluding hydrogens is 234 g/mol. The number of carbonyl (C=O) groups excluding carboxylic acids is 1. The van der Waals surface area contributed by atoms with Crippen LogP contribution in [0.2, 0.25) is 0 Å². The van der Waals surface area contributed by atoms with E-state index in [0.717, 1.165) is 10.5 Å². The predicted octanol–water partition coefficient (Wildman–Crippen LogP) is 1.25. The van der Waals surface area contributed by atoms with E-state index in [4.69, 9.17) is 14.7 Å². The van der Waals surface area contributed by atoms with Crippen LogP contribution in [0, 0.1) is 11.5 Å². The first kappa shape index (κ1) is 12.0. The zero-order valence-electron chi connectivity index (χ0n) is 10.1. The molecule has 0 radical (unpaired) electrons. The number of carbonyl (C=O) groups is 1. The highest BCUT2D eigenvalue weighted by molar-refractivity contribution is 5.79. The van der Waals surface area contributed by atoms with Crippen molar-refractivity contribution < 1.29 is 14.3 Å². The van der Waals surface area contributed by atoms with Gasteiger partial charge in [0.1, 0.15) is 11.5 Å². The second kappa shape index (κ2) is 4.84. The molecule has 18 heavy (non-hydrogen) atoms. The Bertz CT molecular complexity index is 510. The van der Waals surface area contributed by atoms with Crippen molar-refractivity contribution in [1.82, 2.24) is 10.2 Å². The van der Waals surface area contributed by atoms with Crippen molar-refractivity contribution in [2.75, 3.05) is 20.8 Å². The van der Waals surface area contributed by atoms with Gasteiger partial charge in [-0.05, 0) is 18.2 Å². The Hall–Kier alpha value is -2.42. The lowest BCUT2D eigenvalue weighted by atomic mass is 10.1. The topological polar surface area (TPSA) is 74.6 Å². The van der Waals surface area contributed by atoms with Crippen LogP contribution >= 0.6 is 0 Å². The molecule has 1 atom stereocenters. The lowest BCUT2D eigenvalue weighted by Crippen LogP contribution is -2.23. The van der Waals surface area contributed by atoms with Gasteiger partial charge in [-0.3, -0.25) is 0 Å². The van der Waals surface area contributed by atoms with E-state index in [9.17, 15) is 4.79 Å². The fraction of sp³-hybridized carbons (Fsp3) is 0.333. The summed E-state index contributed by atoms with van der Waals surface area (Å²) in [6, 6.07) is 4.68. The largest absolute Gasteiger partial charge is 0.497 e. The Morgan fingerprint density at radius 1 is 1.44 bits per heavy atom. The summed E-state index contributed by atoms with van der Waals surface area (Å²) in [5.41, 5.74) is 0.794. The van der Waals surface area contributed by atoms with E-state index < -0.39 is 6.03 Å². The van der Waals surface area contributed by atoms with Gasteiger partial charge in [0.05, 0.1) is 26.8 Å². The van der Waals surface area contributed by atoms with Crippen LogP contribution < -0.4 is 14.8 Å². The fourth-order valence-corrected chi connectivity index (χ4v) is 1.91. The van der Waals surface area contributed by atoms with Crippen LogP contribution in [-0.2, 0) is 0 Å². The van der Waals surface area contributed by atoms with E-state index in [1.807, 2.05) is 6.19 Å². The number of methoxy groups -OCH3 is 2. The average Bonchev–Trinajstić information content (AvgIpc) is 2.79. The van der Waals surface area contributed by atoms with Gasteiger partial charge >= 0.3 is 6.03 Å². The molecule has 6 nitrogen and oxygen atoms in total. The molecule has 0 bridgehead atoms. The maximum absolute atomic E-state index is 11.5. The summed E-state index contributed by atoms with van der Waals surface area (Å²) in [5.74, 6) is 1.33. The number of amides is 2. The van der Waals surface area contributed by atoms with E-state index >= 15 is 0 Å². The standard InChI is InChI=1S/C12H13N3O3/c1-17-8-3-4-11(18-2)9(5-8)10-6-15(7-13)12(16)14-10/h3-5,10H,6H2,1-2H3,(H,14,16). The smallest absolute Gasteiger partial charge is 0.331 e. The molecule has 1 aromatic carbocycles. The molecule has 2 rings (SSSR count). The molecule has 1 unspecified atom stereocenters. The predicted molar refractivity (Wildman–Crippen MR) is 63.1 cm³/mol. The summed E-state index contributed by atoms with van der Waals surface area (Å²) < 4.78 is 10.4. The molecule has 1 saturated heterocycles. The van der Waals surface area contributed by atoms with Gasteiger partial charge in [-0.2, -0.15) is 5.26 Å². The number of benzene rings is 1. The first-order chi connectivity index (χ1) is 8.69. The van der Waals surface area contributed by atoms with Gasteiger partial charge in [0, 0.05) is 5.56 Å². The van der Waals surface area contributed by atoms with Crippen LogP contribution in [-0.4, -0.2) is 31.7 Å². The van der Waals surface area contributed by atoms with E-state index in [0.29, 0.717) is 18.0 Å². The van der Waals surface area contributed by atoms with Gasteiger partial charge in [-0.15, -0.1) is 0 Å². The summed E-state index contributed by atoms with van der Waals surface area (Å²) >= 11 is 0. The summed E-state index contributed by atoms with van der Waals surface area (Å²) in [5, 5.41) is 11.5. The number of hydrogen-bond acceptors (Lipinski definition) is 4. The van der Waals surface area contributed by atoms with Crippen LogP contribution in [0.4, 0.5) is 4.79 Å². The van der Waals surface area contributed by atoms with Gasteiger partial charge in [0.15, 0.2) is 6.19 Å².